The number of ether oxygens (including phenoxy) is 1. The zero-order valence-electron chi connectivity index (χ0n) is 11.3. The van der Waals surface area contributed by atoms with E-state index in [2.05, 4.69) is 37.4 Å². The van der Waals surface area contributed by atoms with Crippen LogP contribution in [0.2, 0.25) is 0 Å². The van der Waals surface area contributed by atoms with Gasteiger partial charge in [0, 0.05) is 5.56 Å². The molecule has 100 valence electrons. The van der Waals surface area contributed by atoms with Crippen LogP contribution >= 0.6 is 11.8 Å². The Morgan fingerprint density at radius 1 is 1.33 bits per heavy atom. The zero-order valence-corrected chi connectivity index (χ0v) is 12.1. The second kappa shape index (κ2) is 7.05. The fraction of sp³-hybridized carbons (Fsp3) is 0.600. The van der Waals surface area contributed by atoms with E-state index < -0.39 is 0 Å². The molecule has 3 heteroatoms. The molecule has 1 heterocycles. The first-order chi connectivity index (χ1) is 8.86. The zero-order chi connectivity index (χ0) is 12.8. The Morgan fingerprint density at radius 2 is 2.17 bits per heavy atom. The number of para-hydroxylation sites is 1. The van der Waals surface area contributed by atoms with Gasteiger partial charge in [-0.05, 0) is 24.8 Å². The van der Waals surface area contributed by atoms with Gasteiger partial charge in [-0.15, -0.1) is 0 Å². The molecular formula is C15H23NOS. The van der Waals surface area contributed by atoms with Gasteiger partial charge in [0.25, 0.3) is 0 Å². The van der Waals surface area contributed by atoms with Crippen LogP contribution in [0.3, 0.4) is 0 Å². The maximum atomic E-state index is 5.88. The van der Waals surface area contributed by atoms with Crippen molar-refractivity contribution in [1.29, 1.82) is 0 Å². The molecule has 2 atom stereocenters. The summed E-state index contributed by atoms with van der Waals surface area (Å²) in [7, 11) is 0. The Morgan fingerprint density at radius 3 is 2.94 bits per heavy atom. The summed E-state index contributed by atoms with van der Waals surface area (Å²) in [5.41, 5.74) is 1.32. The molecule has 2 rings (SSSR count). The molecule has 0 bridgehead atoms. The lowest BCUT2D eigenvalue weighted by atomic mass is 10.0. The third-order valence-electron chi connectivity index (χ3n) is 3.28. The standard InChI is InChI=1S/C15H23NOS/c1-3-5-10-18-14-11-17-13-9-7-6-8-12(13)15(14)16-4-2/h6-9,14-16H,3-5,10-11H2,1-2H3. The fourth-order valence-electron chi connectivity index (χ4n) is 2.32. The number of benzene rings is 1. The fourth-order valence-corrected chi connectivity index (χ4v) is 3.68. The smallest absolute Gasteiger partial charge is 0.124 e. The first-order valence-corrected chi connectivity index (χ1v) is 7.98. The van der Waals surface area contributed by atoms with Gasteiger partial charge in [-0.3, -0.25) is 0 Å². The highest BCUT2D eigenvalue weighted by Gasteiger charge is 2.30. The number of hydrogen-bond donors (Lipinski definition) is 1. The summed E-state index contributed by atoms with van der Waals surface area (Å²) in [6, 6.07) is 8.85. The monoisotopic (exact) mass is 265 g/mol. The van der Waals surface area contributed by atoms with E-state index in [9.17, 15) is 0 Å². The van der Waals surface area contributed by atoms with Crippen molar-refractivity contribution in [3.63, 3.8) is 0 Å². The van der Waals surface area contributed by atoms with Crippen LogP contribution in [0.15, 0.2) is 24.3 Å². The van der Waals surface area contributed by atoms with Gasteiger partial charge in [0.05, 0.1) is 11.3 Å². The number of fused-ring (bicyclic) bond motifs is 1. The Balaban J connectivity index is 2.08. The van der Waals surface area contributed by atoms with E-state index in [1.807, 2.05) is 17.8 Å². The van der Waals surface area contributed by atoms with E-state index in [1.165, 1.54) is 24.2 Å². The Kier molecular flexibility index (Phi) is 5.39. The van der Waals surface area contributed by atoms with Crippen LogP contribution in [0.5, 0.6) is 5.75 Å². The van der Waals surface area contributed by atoms with E-state index in [-0.39, 0.29) is 0 Å². The van der Waals surface area contributed by atoms with E-state index in [0.717, 1.165) is 18.9 Å². The number of unbranched alkanes of at least 4 members (excludes halogenated alkanes) is 1. The topological polar surface area (TPSA) is 21.3 Å². The third-order valence-corrected chi connectivity index (χ3v) is 4.64. The van der Waals surface area contributed by atoms with Crippen molar-refractivity contribution in [1.82, 2.24) is 5.32 Å². The molecule has 0 spiro atoms. The van der Waals surface area contributed by atoms with Crippen LogP contribution < -0.4 is 10.1 Å². The lowest BCUT2D eigenvalue weighted by Gasteiger charge is -2.33. The number of thioether (sulfide) groups is 1. The minimum Gasteiger partial charge on any atom is -0.492 e. The first kappa shape index (κ1) is 13.8. The molecule has 1 N–H and O–H groups in total. The lowest BCUT2D eigenvalue weighted by molar-refractivity contribution is 0.261. The summed E-state index contributed by atoms with van der Waals surface area (Å²) < 4.78 is 5.88. The van der Waals surface area contributed by atoms with E-state index in [0.29, 0.717) is 11.3 Å². The predicted octanol–water partition coefficient (Wildman–Crippen LogP) is 3.63. The van der Waals surface area contributed by atoms with Crippen molar-refractivity contribution in [2.75, 3.05) is 18.9 Å². The largest absolute Gasteiger partial charge is 0.492 e. The number of nitrogens with one attached hydrogen (secondary N) is 1. The summed E-state index contributed by atoms with van der Waals surface area (Å²) in [6.07, 6.45) is 2.56. The Bertz CT molecular complexity index is 369. The molecule has 0 aliphatic carbocycles. The van der Waals surface area contributed by atoms with Crippen LogP contribution in [0, 0.1) is 0 Å². The average Bonchev–Trinajstić information content (AvgIpc) is 2.41. The molecule has 1 aromatic rings. The highest BCUT2D eigenvalue weighted by molar-refractivity contribution is 7.99. The normalized spacial score (nSPS) is 22.3. The molecule has 2 unspecified atom stereocenters. The van der Waals surface area contributed by atoms with Crippen molar-refractivity contribution < 1.29 is 4.74 Å². The van der Waals surface area contributed by atoms with Gasteiger partial charge in [0.2, 0.25) is 0 Å². The Labute approximate surface area is 114 Å². The molecular weight excluding hydrogens is 242 g/mol. The van der Waals surface area contributed by atoms with Crippen molar-refractivity contribution in [3.8, 4) is 5.75 Å². The van der Waals surface area contributed by atoms with Crippen LogP contribution in [0.4, 0.5) is 0 Å². The highest BCUT2D eigenvalue weighted by Crippen LogP contribution is 2.37. The Hall–Kier alpha value is -0.670. The minimum atomic E-state index is 0.432. The number of hydrogen-bond acceptors (Lipinski definition) is 3. The van der Waals surface area contributed by atoms with Gasteiger partial charge < -0.3 is 10.1 Å². The quantitative estimate of drug-likeness (QED) is 0.794. The third kappa shape index (κ3) is 3.21. The minimum absolute atomic E-state index is 0.432. The molecule has 0 saturated heterocycles. The molecule has 0 fully saturated rings. The molecule has 1 aliphatic heterocycles. The van der Waals surface area contributed by atoms with Gasteiger partial charge in [-0.1, -0.05) is 38.5 Å². The molecule has 0 radical (unpaired) electrons. The summed E-state index contributed by atoms with van der Waals surface area (Å²) in [5, 5.41) is 4.15. The van der Waals surface area contributed by atoms with Gasteiger partial charge in [-0.2, -0.15) is 11.8 Å². The maximum Gasteiger partial charge on any atom is 0.124 e. The van der Waals surface area contributed by atoms with Crippen LogP contribution in [0.25, 0.3) is 0 Å². The molecule has 1 aromatic carbocycles. The van der Waals surface area contributed by atoms with Crippen molar-refractivity contribution >= 4 is 11.8 Å². The van der Waals surface area contributed by atoms with Crippen LogP contribution in [-0.2, 0) is 0 Å². The molecule has 0 saturated carbocycles. The summed E-state index contributed by atoms with van der Waals surface area (Å²) in [5.74, 6) is 2.28. The van der Waals surface area contributed by atoms with Crippen molar-refractivity contribution in [2.24, 2.45) is 0 Å². The SMILES string of the molecule is CCCCSC1COc2ccccc2C1NCC. The van der Waals surface area contributed by atoms with Gasteiger partial charge >= 0.3 is 0 Å². The number of rotatable bonds is 6. The van der Waals surface area contributed by atoms with Crippen LogP contribution in [-0.4, -0.2) is 24.2 Å². The van der Waals surface area contributed by atoms with Gasteiger partial charge in [0.15, 0.2) is 0 Å². The summed E-state index contributed by atoms with van der Waals surface area (Å²) in [4.78, 5) is 0. The van der Waals surface area contributed by atoms with Crippen molar-refractivity contribution in [3.05, 3.63) is 29.8 Å². The van der Waals surface area contributed by atoms with E-state index in [4.69, 9.17) is 4.74 Å². The van der Waals surface area contributed by atoms with E-state index >= 15 is 0 Å². The first-order valence-electron chi connectivity index (χ1n) is 6.93. The van der Waals surface area contributed by atoms with Gasteiger partial charge in [0.1, 0.15) is 12.4 Å². The van der Waals surface area contributed by atoms with Crippen molar-refractivity contribution in [2.45, 2.75) is 38.0 Å². The second-order valence-electron chi connectivity index (χ2n) is 4.65. The second-order valence-corrected chi connectivity index (χ2v) is 5.99. The molecule has 0 aromatic heterocycles. The molecule has 1 aliphatic rings. The molecule has 18 heavy (non-hydrogen) atoms. The maximum absolute atomic E-state index is 5.88. The average molecular weight is 265 g/mol. The lowest BCUT2D eigenvalue weighted by Crippen LogP contribution is -2.37. The van der Waals surface area contributed by atoms with Crippen LogP contribution in [0.1, 0.15) is 38.3 Å². The predicted molar refractivity (Wildman–Crippen MR) is 79.5 cm³/mol. The molecule has 2 nitrogen and oxygen atoms in total. The van der Waals surface area contributed by atoms with E-state index in [1.54, 1.807) is 0 Å². The highest BCUT2D eigenvalue weighted by atomic mass is 32.2. The van der Waals surface area contributed by atoms with Gasteiger partial charge in [-0.25, -0.2) is 0 Å². The molecule has 0 amide bonds. The summed E-state index contributed by atoms with van der Waals surface area (Å²) >= 11 is 2.05. The summed E-state index contributed by atoms with van der Waals surface area (Å²) in [6.45, 7) is 6.24.